The van der Waals surface area contributed by atoms with Crippen LogP contribution < -0.4 is 5.62 Å². The monoisotopic (exact) mass is 477 g/mol. The summed E-state index contributed by atoms with van der Waals surface area (Å²) in [6, 6.07) is 17.9. The highest BCUT2D eigenvalue weighted by molar-refractivity contribution is 7.90. The van der Waals surface area contributed by atoms with Crippen molar-refractivity contribution in [2.75, 3.05) is 0 Å². The Kier molecular flexibility index (Phi) is 5.87. The lowest BCUT2D eigenvalue weighted by atomic mass is 10.1. The van der Waals surface area contributed by atoms with Crippen molar-refractivity contribution in [1.29, 1.82) is 0 Å². The first-order valence-corrected chi connectivity index (χ1v) is 11.3. The van der Waals surface area contributed by atoms with Crippen LogP contribution in [0.2, 0.25) is 0 Å². The standard InChI is InChI=1S/C23H19F4N3O2S/c1-16-11-12-17(13-19(16)24)14-29-20-9-5-6-10-21(20)30(15-23(25,26)27)22(29)28-33(31,32)18-7-3-2-4-8-18/h2-13H,14-15H2,1H3. The van der Waals surface area contributed by atoms with Gasteiger partial charge < -0.3 is 9.13 Å². The minimum Gasteiger partial charge on any atom is -0.305 e. The number of nitrogens with zero attached hydrogens (tertiary/aromatic N) is 3. The van der Waals surface area contributed by atoms with Crippen LogP contribution in [-0.2, 0) is 23.1 Å². The van der Waals surface area contributed by atoms with Crippen molar-refractivity contribution in [2.45, 2.75) is 31.1 Å². The zero-order chi connectivity index (χ0) is 23.8. The van der Waals surface area contributed by atoms with Crippen LogP contribution in [0, 0.1) is 12.7 Å². The summed E-state index contributed by atoms with van der Waals surface area (Å²) in [6.07, 6.45) is -4.63. The minimum atomic E-state index is -4.63. The summed E-state index contributed by atoms with van der Waals surface area (Å²) in [6.45, 7) is 0.0757. The van der Waals surface area contributed by atoms with Crippen LogP contribution in [0.1, 0.15) is 11.1 Å². The molecule has 0 amide bonds. The van der Waals surface area contributed by atoms with Crippen LogP contribution in [0.4, 0.5) is 17.6 Å². The average Bonchev–Trinajstić information content (AvgIpc) is 3.02. The maximum absolute atomic E-state index is 14.1. The molecule has 0 aliphatic carbocycles. The van der Waals surface area contributed by atoms with Crippen molar-refractivity contribution >= 4 is 21.1 Å². The zero-order valence-electron chi connectivity index (χ0n) is 17.4. The van der Waals surface area contributed by atoms with Crippen LogP contribution >= 0.6 is 0 Å². The molecule has 33 heavy (non-hydrogen) atoms. The molecule has 10 heteroatoms. The van der Waals surface area contributed by atoms with E-state index in [-0.39, 0.29) is 17.0 Å². The van der Waals surface area contributed by atoms with E-state index in [1.165, 1.54) is 41.0 Å². The number of alkyl halides is 3. The van der Waals surface area contributed by atoms with Crippen molar-refractivity contribution in [2.24, 2.45) is 4.40 Å². The Morgan fingerprint density at radius 3 is 2.09 bits per heavy atom. The molecule has 0 aliphatic rings. The normalized spacial score (nSPS) is 13.1. The molecule has 4 aromatic rings. The fourth-order valence-corrected chi connectivity index (χ4v) is 4.56. The van der Waals surface area contributed by atoms with Crippen molar-refractivity contribution in [3.8, 4) is 0 Å². The van der Waals surface area contributed by atoms with Gasteiger partial charge in [0, 0.05) is 0 Å². The minimum absolute atomic E-state index is 0.0777. The summed E-state index contributed by atoms with van der Waals surface area (Å²) >= 11 is 0. The Labute approximate surface area is 187 Å². The maximum Gasteiger partial charge on any atom is 0.406 e. The molecule has 0 radical (unpaired) electrons. The first-order valence-electron chi connectivity index (χ1n) is 9.91. The lowest BCUT2D eigenvalue weighted by Crippen LogP contribution is -2.32. The van der Waals surface area contributed by atoms with Crippen molar-refractivity contribution in [3.63, 3.8) is 0 Å². The van der Waals surface area contributed by atoms with E-state index < -0.39 is 34.2 Å². The molecule has 1 aromatic heterocycles. The van der Waals surface area contributed by atoms with Gasteiger partial charge in [0.2, 0.25) is 5.62 Å². The highest BCUT2D eigenvalue weighted by atomic mass is 32.2. The van der Waals surface area contributed by atoms with E-state index in [9.17, 15) is 26.0 Å². The third-order valence-electron chi connectivity index (χ3n) is 5.10. The van der Waals surface area contributed by atoms with E-state index in [2.05, 4.69) is 4.40 Å². The Bertz CT molecular complexity index is 1490. The molecule has 172 valence electrons. The summed E-state index contributed by atoms with van der Waals surface area (Å²) in [5.41, 5.74) is 0.957. The number of para-hydroxylation sites is 2. The van der Waals surface area contributed by atoms with Gasteiger partial charge in [-0.25, -0.2) is 4.39 Å². The quantitative estimate of drug-likeness (QED) is 0.388. The van der Waals surface area contributed by atoms with Crippen molar-refractivity contribution < 1.29 is 26.0 Å². The Balaban J connectivity index is 2.02. The summed E-state index contributed by atoms with van der Waals surface area (Å²) < 4.78 is 86.5. The summed E-state index contributed by atoms with van der Waals surface area (Å²) in [5.74, 6) is -0.470. The Morgan fingerprint density at radius 2 is 1.48 bits per heavy atom. The number of halogens is 4. The maximum atomic E-state index is 14.1. The highest BCUT2D eigenvalue weighted by Crippen LogP contribution is 2.22. The van der Waals surface area contributed by atoms with Gasteiger partial charge in [-0.3, -0.25) is 0 Å². The number of hydrogen-bond acceptors (Lipinski definition) is 2. The van der Waals surface area contributed by atoms with Gasteiger partial charge in [0.15, 0.2) is 0 Å². The van der Waals surface area contributed by atoms with Crippen LogP contribution in [0.3, 0.4) is 0 Å². The molecule has 3 aromatic carbocycles. The van der Waals surface area contributed by atoms with E-state index >= 15 is 0 Å². The number of aromatic nitrogens is 2. The third-order valence-corrected chi connectivity index (χ3v) is 6.37. The van der Waals surface area contributed by atoms with Gasteiger partial charge in [-0.05, 0) is 48.4 Å². The summed E-state index contributed by atoms with van der Waals surface area (Å²) in [5, 5.41) is 0. The summed E-state index contributed by atoms with van der Waals surface area (Å²) in [4.78, 5) is -0.151. The molecule has 5 nitrogen and oxygen atoms in total. The predicted octanol–water partition coefficient (Wildman–Crippen LogP) is 4.79. The number of rotatable bonds is 5. The Hall–Kier alpha value is -3.40. The molecule has 0 saturated heterocycles. The second kappa shape index (κ2) is 8.51. The van der Waals surface area contributed by atoms with Crippen LogP contribution in [-0.4, -0.2) is 23.7 Å². The van der Waals surface area contributed by atoms with Gasteiger partial charge in [-0.15, -0.1) is 4.40 Å². The molecule has 1 heterocycles. The van der Waals surface area contributed by atoms with Crippen LogP contribution in [0.5, 0.6) is 0 Å². The molecule has 0 unspecified atom stereocenters. The summed E-state index contributed by atoms with van der Waals surface area (Å²) in [7, 11) is -4.33. The number of sulfonamides is 1. The number of benzene rings is 3. The molecule has 0 N–H and O–H groups in total. The lowest BCUT2D eigenvalue weighted by molar-refractivity contribution is -0.140. The van der Waals surface area contributed by atoms with Gasteiger partial charge in [0.05, 0.1) is 22.5 Å². The number of imidazole rings is 1. The van der Waals surface area contributed by atoms with Gasteiger partial charge in [0.1, 0.15) is 12.4 Å². The van der Waals surface area contributed by atoms with Crippen molar-refractivity contribution in [3.05, 3.63) is 95.4 Å². The second-order valence-corrected chi connectivity index (χ2v) is 9.14. The first-order chi connectivity index (χ1) is 15.5. The zero-order valence-corrected chi connectivity index (χ0v) is 18.2. The molecular formula is C23H19F4N3O2S. The van der Waals surface area contributed by atoms with Gasteiger partial charge in [0.25, 0.3) is 10.0 Å². The fraction of sp³-hybridized carbons (Fsp3) is 0.174. The van der Waals surface area contributed by atoms with E-state index in [0.29, 0.717) is 16.6 Å². The lowest BCUT2D eigenvalue weighted by Gasteiger charge is -2.10. The van der Waals surface area contributed by atoms with Crippen LogP contribution in [0.15, 0.2) is 82.1 Å². The predicted molar refractivity (Wildman–Crippen MR) is 115 cm³/mol. The highest BCUT2D eigenvalue weighted by Gasteiger charge is 2.31. The molecule has 0 bridgehead atoms. The topological polar surface area (TPSA) is 56.4 Å². The van der Waals surface area contributed by atoms with E-state index in [1.54, 1.807) is 43.3 Å². The molecule has 4 rings (SSSR count). The molecule has 0 saturated carbocycles. The van der Waals surface area contributed by atoms with Crippen LogP contribution in [0.25, 0.3) is 11.0 Å². The fourth-order valence-electron chi connectivity index (χ4n) is 3.54. The SMILES string of the molecule is Cc1ccc(Cn2c(=NS(=O)(=O)c3ccccc3)n(CC(F)(F)F)c3ccccc32)cc1F. The van der Waals surface area contributed by atoms with E-state index in [4.69, 9.17) is 0 Å². The molecule has 0 spiro atoms. The smallest absolute Gasteiger partial charge is 0.305 e. The van der Waals surface area contributed by atoms with Gasteiger partial charge in [-0.1, -0.05) is 42.5 Å². The molecular weight excluding hydrogens is 458 g/mol. The van der Waals surface area contributed by atoms with E-state index in [0.717, 1.165) is 4.57 Å². The number of aryl methyl sites for hydroxylation is 1. The largest absolute Gasteiger partial charge is 0.406 e. The molecule has 0 fully saturated rings. The number of fused-ring (bicyclic) bond motifs is 1. The Morgan fingerprint density at radius 1 is 0.879 bits per heavy atom. The van der Waals surface area contributed by atoms with Gasteiger partial charge in [-0.2, -0.15) is 21.6 Å². The molecule has 0 aliphatic heterocycles. The average molecular weight is 477 g/mol. The first kappa shape index (κ1) is 22.8. The molecule has 0 atom stereocenters. The second-order valence-electron chi connectivity index (χ2n) is 7.54. The van der Waals surface area contributed by atoms with E-state index in [1.807, 2.05) is 0 Å². The van der Waals surface area contributed by atoms with Crippen molar-refractivity contribution in [1.82, 2.24) is 9.13 Å². The third kappa shape index (κ3) is 4.85. The van der Waals surface area contributed by atoms with Gasteiger partial charge >= 0.3 is 6.18 Å². The number of hydrogen-bond donors (Lipinski definition) is 0.